The van der Waals surface area contributed by atoms with Crippen molar-refractivity contribution in [2.24, 2.45) is 5.92 Å². The van der Waals surface area contributed by atoms with Crippen LogP contribution in [0.3, 0.4) is 0 Å². The third-order valence-electron chi connectivity index (χ3n) is 4.19. The Morgan fingerprint density at radius 1 is 0.963 bits per heavy atom. The fourth-order valence-electron chi connectivity index (χ4n) is 2.64. The summed E-state index contributed by atoms with van der Waals surface area (Å²) in [6.45, 7) is 4.11. The van der Waals surface area contributed by atoms with Gasteiger partial charge < -0.3 is 20.1 Å². The van der Waals surface area contributed by atoms with Crippen LogP contribution in [-0.2, 0) is 11.3 Å². The van der Waals surface area contributed by atoms with Gasteiger partial charge in [-0.1, -0.05) is 38.1 Å². The molecule has 0 aliphatic carbocycles. The lowest BCUT2D eigenvalue weighted by Crippen LogP contribution is -2.49. The Morgan fingerprint density at radius 2 is 1.63 bits per heavy atom. The van der Waals surface area contributed by atoms with Gasteiger partial charge in [-0.05, 0) is 35.7 Å². The van der Waals surface area contributed by atoms with Crippen LogP contribution < -0.4 is 20.1 Å². The highest BCUT2D eigenvalue weighted by atomic mass is 16.5. The molecule has 27 heavy (non-hydrogen) atoms. The third-order valence-corrected chi connectivity index (χ3v) is 4.19. The molecule has 6 heteroatoms. The highest BCUT2D eigenvalue weighted by molar-refractivity contribution is 5.97. The van der Waals surface area contributed by atoms with E-state index < -0.39 is 6.04 Å². The molecule has 0 aromatic heterocycles. The molecule has 0 radical (unpaired) electrons. The van der Waals surface area contributed by atoms with E-state index in [2.05, 4.69) is 10.6 Å². The molecule has 2 N–H and O–H groups in total. The molecule has 0 unspecified atom stereocenters. The zero-order valence-corrected chi connectivity index (χ0v) is 16.1. The largest absolute Gasteiger partial charge is 0.493 e. The topological polar surface area (TPSA) is 76.7 Å². The van der Waals surface area contributed by atoms with Crippen molar-refractivity contribution >= 4 is 11.8 Å². The number of carbonyl (C=O) groups excluding carboxylic acids is 2. The summed E-state index contributed by atoms with van der Waals surface area (Å²) < 4.78 is 10.5. The van der Waals surface area contributed by atoms with Crippen molar-refractivity contribution < 1.29 is 19.1 Å². The molecule has 6 nitrogen and oxygen atoms in total. The van der Waals surface area contributed by atoms with Crippen molar-refractivity contribution in [1.29, 1.82) is 0 Å². The van der Waals surface area contributed by atoms with Gasteiger partial charge in [0.1, 0.15) is 6.04 Å². The molecular weight excluding hydrogens is 344 g/mol. The SMILES string of the molecule is COc1ccc(CNC(=O)[C@@H](NC(=O)c2ccccc2)C(C)C)cc1OC. The summed E-state index contributed by atoms with van der Waals surface area (Å²) in [6, 6.07) is 13.7. The van der Waals surface area contributed by atoms with Crippen molar-refractivity contribution in [2.75, 3.05) is 14.2 Å². The number of rotatable bonds is 8. The van der Waals surface area contributed by atoms with E-state index in [1.165, 1.54) is 0 Å². The van der Waals surface area contributed by atoms with Crippen molar-refractivity contribution in [2.45, 2.75) is 26.4 Å². The van der Waals surface area contributed by atoms with Gasteiger partial charge in [0.25, 0.3) is 5.91 Å². The lowest BCUT2D eigenvalue weighted by molar-refractivity contribution is -0.124. The number of ether oxygens (including phenoxy) is 2. The number of hydrogen-bond donors (Lipinski definition) is 2. The minimum absolute atomic E-state index is 0.0527. The summed E-state index contributed by atoms with van der Waals surface area (Å²) in [4.78, 5) is 25.0. The summed E-state index contributed by atoms with van der Waals surface area (Å²) in [5, 5.41) is 5.69. The second-order valence-electron chi connectivity index (χ2n) is 6.47. The van der Waals surface area contributed by atoms with Gasteiger partial charge in [0.15, 0.2) is 11.5 Å². The van der Waals surface area contributed by atoms with Gasteiger partial charge in [0.05, 0.1) is 14.2 Å². The third kappa shape index (κ3) is 5.48. The van der Waals surface area contributed by atoms with Crippen LogP contribution in [0.2, 0.25) is 0 Å². The molecular formula is C21H26N2O4. The predicted octanol–water partition coefficient (Wildman–Crippen LogP) is 2.77. The number of amides is 2. The van der Waals surface area contributed by atoms with E-state index in [4.69, 9.17) is 9.47 Å². The lowest BCUT2D eigenvalue weighted by Gasteiger charge is -2.22. The Hall–Kier alpha value is -3.02. The molecule has 1 atom stereocenters. The number of benzene rings is 2. The molecule has 0 saturated heterocycles. The molecule has 0 aliphatic heterocycles. The minimum atomic E-state index is -0.627. The van der Waals surface area contributed by atoms with Crippen LogP contribution in [0, 0.1) is 5.92 Å². The first-order valence-electron chi connectivity index (χ1n) is 8.80. The van der Waals surface area contributed by atoms with Gasteiger partial charge >= 0.3 is 0 Å². The molecule has 0 spiro atoms. The second kappa shape index (κ2) is 9.62. The van der Waals surface area contributed by atoms with Gasteiger partial charge in [-0.3, -0.25) is 9.59 Å². The summed E-state index contributed by atoms with van der Waals surface area (Å²) >= 11 is 0. The Kier molecular flexibility index (Phi) is 7.23. The average molecular weight is 370 g/mol. The van der Waals surface area contributed by atoms with Crippen molar-refractivity contribution in [1.82, 2.24) is 10.6 Å². The van der Waals surface area contributed by atoms with Gasteiger partial charge in [0.2, 0.25) is 5.91 Å². The van der Waals surface area contributed by atoms with Crippen molar-refractivity contribution in [3.05, 3.63) is 59.7 Å². The van der Waals surface area contributed by atoms with E-state index in [0.717, 1.165) is 5.56 Å². The number of hydrogen-bond acceptors (Lipinski definition) is 4. The van der Waals surface area contributed by atoms with Crippen LogP contribution >= 0.6 is 0 Å². The Bertz CT molecular complexity index is 775. The summed E-state index contributed by atoms with van der Waals surface area (Å²) in [5.41, 5.74) is 1.40. The molecule has 2 aromatic rings. The van der Waals surface area contributed by atoms with Crippen LogP contribution in [0.1, 0.15) is 29.8 Å². The quantitative estimate of drug-likeness (QED) is 0.749. The molecule has 0 aliphatic rings. The molecule has 2 aromatic carbocycles. The van der Waals surface area contributed by atoms with Gasteiger partial charge in [-0.15, -0.1) is 0 Å². The maximum Gasteiger partial charge on any atom is 0.251 e. The monoisotopic (exact) mass is 370 g/mol. The number of carbonyl (C=O) groups is 2. The zero-order chi connectivity index (χ0) is 19.8. The van der Waals surface area contributed by atoms with Crippen LogP contribution in [0.15, 0.2) is 48.5 Å². The normalized spacial score (nSPS) is 11.6. The van der Waals surface area contributed by atoms with E-state index in [1.807, 2.05) is 32.0 Å². The molecule has 0 bridgehead atoms. The zero-order valence-electron chi connectivity index (χ0n) is 16.1. The first kappa shape index (κ1) is 20.3. The van der Waals surface area contributed by atoms with Crippen LogP contribution in [0.4, 0.5) is 0 Å². The van der Waals surface area contributed by atoms with E-state index in [-0.39, 0.29) is 17.7 Å². The maximum absolute atomic E-state index is 12.6. The van der Waals surface area contributed by atoms with Gasteiger partial charge in [0, 0.05) is 12.1 Å². The standard InChI is InChI=1S/C21H26N2O4/c1-14(2)19(23-20(24)16-8-6-5-7-9-16)21(25)22-13-15-10-11-17(26-3)18(12-15)27-4/h5-12,14,19H,13H2,1-4H3,(H,22,25)(H,23,24)/t19-/m0/s1. The fraction of sp³-hybridized carbons (Fsp3) is 0.333. The van der Waals surface area contributed by atoms with E-state index in [1.54, 1.807) is 44.6 Å². The Labute approximate surface area is 159 Å². The first-order valence-corrected chi connectivity index (χ1v) is 8.80. The van der Waals surface area contributed by atoms with Crippen molar-refractivity contribution in [3.8, 4) is 11.5 Å². The second-order valence-corrected chi connectivity index (χ2v) is 6.47. The molecule has 0 fully saturated rings. The Morgan fingerprint density at radius 3 is 2.22 bits per heavy atom. The van der Waals surface area contributed by atoms with Crippen LogP contribution in [0.25, 0.3) is 0 Å². The summed E-state index contributed by atoms with van der Waals surface area (Å²) in [5.74, 6) is 0.674. The van der Waals surface area contributed by atoms with Crippen LogP contribution in [-0.4, -0.2) is 32.1 Å². The Balaban J connectivity index is 2.02. The number of nitrogens with one attached hydrogen (secondary N) is 2. The smallest absolute Gasteiger partial charge is 0.251 e. The van der Waals surface area contributed by atoms with E-state index in [0.29, 0.717) is 23.6 Å². The van der Waals surface area contributed by atoms with Crippen LogP contribution in [0.5, 0.6) is 11.5 Å². The summed E-state index contributed by atoms with van der Waals surface area (Å²) in [7, 11) is 3.13. The number of methoxy groups -OCH3 is 2. The average Bonchev–Trinajstić information content (AvgIpc) is 2.70. The minimum Gasteiger partial charge on any atom is -0.493 e. The highest BCUT2D eigenvalue weighted by Gasteiger charge is 2.24. The van der Waals surface area contributed by atoms with E-state index >= 15 is 0 Å². The molecule has 2 rings (SSSR count). The molecule has 2 amide bonds. The van der Waals surface area contributed by atoms with Gasteiger partial charge in [-0.2, -0.15) is 0 Å². The van der Waals surface area contributed by atoms with E-state index in [9.17, 15) is 9.59 Å². The lowest BCUT2D eigenvalue weighted by atomic mass is 10.0. The molecule has 144 valence electrons. The summed E-state index contributed by atoms with van der Waals surface area (Å²) in [6.07, 6.45) is 0. The maximum atomic E-state index is 12.6. The highest BCUT2D eigenvalue weighted by Crippen LogP contribution is 2.27. The predicted molar refractivity (Wildman–Crippen MR) is 104 cm³/mol. The first-order chi connectivity index (χ1) is 13.0. The molecule has 0 heterocycles. The molecule has 0 saturated carbocycles. The fourth-order valence-corrected chi connectivity index (χ4v) is 2.64. The van der Waals surface area contributed by atoms with Gasteiger partial charge in [-0.25, -0.2) is 0 Å². The van der Waals surface area contributed by atoms with Crippen molar-refractivity contribution in [3.63, 3.8) is 0 Å².